The monoisotopic (exact) mass is 524 g/mol. The van der Waals surface area contributed by atoms with E-state index in [2.05, 4.69) is 42.0 Å². The maximum Gasteiger partial charge on any atom is 0.433 e. The van der Waals surface area contributed by atoms with Crippen molar-refractivity contribution in [1.82, 2.24) is 15.0 Å². The second-order valence-corrected chi connectivity index (χ2v) is 8.36. The number of H-pyrrole nitrogens is 1. The molecule has 3 heterocycles. The molecule has 4 aromatic rings. The number of rotatable bonds is 6. The number of imidazole rings is 1. The number of furan rings is 1. The van der Waals surface area contributed by atoms with Crippen LogP contribution < -0.4 is 5.32 Å². The lowest BCUT2D eigenvalue weighted by Gasteiger charge is -2.01. The van der Waals surface area contributed by atoms with Gasteiger partial charge in [-0.1, -0.05) is 30.0 Å². The maximum atomic E-state index is 11.2. The van der Waals surface area contributed by atoms with E-state index < -0.39 is 17.1 Å². The number of hydrazone groups is 1. The fraction of sp³-hybridized carbons (Fsp3) is 0.130. The van der Waals surface area contributed by atoms with Gasteiger partial charge in [0.05, 0.1) is 37.0 Å². The number of nitrogens with zero attached hydrogens (tertiary/aromatic N) is 4. The molecule has 1 fully saturated rings. The van der Waals surface area contributed by atoms with Crippen LogP contribution in [0.25, 0.3) is 11.0 Å². The van der Waals surface area contributed by atoms with Gasteiger partial charge in [-0.15, -0.1) is 0 Å². The average molecular weight is 525 g/mol. The number of cyclic esters (lactones) is 1. The summed E-state index contributed by atoms with van der Waals surface area (Å²) < 4.78 is 14.0. The molecule has 2 N–H and O–H groups in total. The molecule has 0 aliphatic carbocycles. The molecule has 14 heteroatoms. The normalized spacial score (nSPS) is 12.8. The first-order valence-corrected chi connectivity index (χ1v) is 11.5. The van der Waals surface area contributed by atoms with Crippen LogP contribution in [0.15, 0.2) is 80.0 Å². The van der Waals surface area contributed by atoms with Crippen molar-refractivity contribution in [1.29, 1.82) is 0 Å². The summed E-state index contributed by atoms with van der Waals surface area (Å²) in [7, 11) is 1.31. The number of carbonyl (C=O) groups is 2. The molecular formula is C23H20N6O7S. The Labute approximate surface area is 213 Å². The number of aromatic nitrogens is 2. The summed E-state index contributed by atoms with van der Waals surface area (Å²) in [5.74, 6) is 0.204. The predicted octanol–water partition coefficient (Wildman–Crippen LogP) is 4.87. The minimum atomic E-state index is -0.651. The number of hydrogen-bond donors (Lipinski definition) is 2. The Morgan fingerprint density at radius 2 is 2.05 bits per heavy atom. The summed E-state index contributed by atoms with van der Waals surface area (Å²) >= 11 is 1.67. The molecule has 0 spiro atoms. The quantitative estimate of drug-likeness (QED) is 0.203. The minimum Gasteiger partial charge on any atom is -0.453 e. The number of ether oxygens (including phenoxy) is 2. The van der Waals surface area contributed by atoms with Crippen LogP contribution in [0.2, 0.25) is 0 Å². The van der Waals surface area contributed by atoms with Gasteiger partial charge in [0.25, 0.3) is 0 Å². The molecule has 5 rings (SSSR count). The van der Waals surface area contributed by atoms with Gasteiger partial charge in [-0.3, -0.25) is 15.4 Å². The number of fused-ring (bicyclic) bond motifs is 1. The molecular weight excluding hydrogens is 504 g/mol. The average Bonchev–Trinajstić information content (AvgIpc) is 3.63. The van der Waals surface area contributed by atoms with E-state index in [0.717, 1.165) is 20.9 Å². The third-order valence-electron chi connectivity index (χ3n) is 4.69. The molecule has 0 unspecified atom stereocenters. The van der Waals surface area contributed by atoms with Crippen molar-refractivity contribution in [3.8, 4) is 0 Å². The van der Waals surface area contributed by atoms with Crippen molar-refractivity contribution < 1.29 is 28.4 Å². The molecule has 0 saturated carbocycles. The van der Waals surface area contributed by atoms with E-state index in [-0.39, 0.29) is 18.3 Å². The van der Waals surface area contributed by atoms with Crippen LogP contribution >= 0.6 is 11.8 Å². The molecule has 1 aliphatic heterocycles. The van der Waals surface area contributed by atoms with Gasteiger partial charge in [0.2, 0.25) is 5.95 Å². The molecule has 0 bridgehead atoms. The lowest BCUT2D eigenvalue weighted by Crippen LogP contribution is -2.17. The molecule has 13 nitrogen and oxygen atoms in total. The first-order valence-electron chi connectivity index (χ1n) is 10.7. The number of hydrogen-bond acceptors (Lipinski definition) is 10. The molecule has 0 atom stereocenters. The van der Waals surface area contributed by atoms with Crippen LogP contribution in [0.5, 0.6) is 0 Å². The molecule has 1 aliphatic rings. The Kier molecular flexibility index (Phi) is 8.00. The Morgan fingerprint density at radius 1 is 1.24 bits per heavy atom. The topological polar surface area (TPSA) is 165 Å². The Bertz CT molecular complexity index is 1440. The van der Waals surface area contributed by atoms with Gasteiger partial charge in [-0.05, 0) is 36.4 Å². The summed E-state index contributed by atoms with van der Waals surface area (Å²) in [6.45, 7) is 0.645. The molecule has 190 valence electrons. The highest BCUT2D eigenvalue weighted by Crippen LogP contribution is 2.29. The van der Waals surface area contributed by atoms with Gasteiger partial charge in [0, 0.05) is 9.79 Å². The SMILES string of the molecule is COC(=O)Nc1nc2ccc(Sc3ccccc3)cc2[nH]1.O=C1OCCN1N=Cc1ccc([N+](=O)[O-])o1. The Morgan fingerprint density at radius 3 is 2.73 bits per heavy atom. The fourth-order valence-corrected chi connectivity index (χ4v) is 3.89. The molecule has 0 radical (unpaired) electrons. The van der Waals surface area contributed by atoms with Gasteiger partial charge in [0.1, 0.15) is 11.5 Å². The first kappa shape index (κ1) is 25.2. The highest BCUT2D eigenvalue weighted by molar-refractivity contribution is 7.99. The number of nitrogens with one attached hydrogen (secondary N) is 2. The first-order chi connectivity index (χ1) is 17.9. The molecule has 1 saturated heterocycles. The smallest absolute Gasteiger partial charge is 0.433 e. The van der Waals surface area contributed by atoms with E-state index in [1.165, 1.54) is 30.4 Å². The molecule has 2 amide bonds. The number of aromatic amines is 1. The highest BCUT2D eigenvalue weighted by atomic mass is 32.2. The number of anilines is 1. The third kappa shape index (κ3) is 6.85. The van der Waals surface area contributed by atoms with E-state index in [9.17, 15) is 19.7 Å². The molecule has 37 heavy (non-hydrogen) atoms. The number of amides is 2. The van der Waals surface area contributed by atoms with E-state index in [0.29, 0.717) is 12.5 Å². The summed E-state index contributed by atoms with van der Waals surface area (Å²) in [4.78, 5) is 41.4. The number of nitro groups is 1. The van der Waals surface area contributed by atoms with Crippen molar-refractivity contribution in [3.05, 3.63) is 76.5 Å². The van der Waals surface area contributed by atoms with Gasteiger partial charge in [-0.2, -0.15) is 10.1 Å². The third-order valence-corrected chi connectivity index (χ3v) is 5.69. The lowest BCUT2D eigenvalue weighted by atomic mass is 10.3. The van der Waals surface area contributed by atoms with Crippen LogP contribution in [0, 0.1) is 10.1 Å². The van der Waals surface area contributed by atoms with Crippen molar-refractivity contribution in [2.45, 2.75) is 9.79 Å². The molecule has 2 aromatic carbocycles. The van der Waals surface area contributed by atoms with Gasteiger partial charge >= 0.3 is 18.1 Å². The summed E-state index contributed by atoms with van der Waals surface area (Å²) in [6.07, 6.45) is 0.129. The summed E-state index contributed by atoms with van der Waals surface area (Å²) in [6, 6.07) is 18.7. The Balaban J connectivity index is 0.000000180. The van der Waals surface area contributed by atoms with Gasteiger partial charge in [-0.25, -0.2) is 14.6 Å². The maximum absolute atomic E-state index is 11.2. The zero-order valence-corrected chi connectivity index (χ0v) is 20.1. The van der Waals surface area contributed by atoms with Crippen molar-refractivity contribution >= 4 is 53.0 Å². The minimum absolute atomic E-state index is 0.200. The predicted molar refractivity (Wildman–Crippen MR) is 134 cm³/mol. The number of methoxy groups -OCH3 is 1. The largest absolute Gasteiger partial charge is 0.453 e. The summed E-state index contributed by atoms with van der Waals surface area (Å²) in [5, 5.41) is 17.7. The van der Waals surface area contributed by atoms with E-state index in [1.54, 1.807) is 11.8 Å². The zero-order chi connectivity index (χ0) is 26.2. The second-order valence-electron chi connectivity index (χ2n) is 7.21. The Hall–Kier alpha value is -4.85. The number of benzene rings is 2. The molecule has 2 aromatic heterocycles. The van der Waals surface area contributed by atoms with Crippen LogP contribution in [0.4, 0.5) is 21.4 Å². The van der Waals surface area contributed by atoms with Gasteiger partial charge in [0.15, 0.2) is 5.76 Å². The van der Waals surface area contributed by atoms with Crippen LogP contribution in [-0.4, -0.2) is 58.6 Å². The van der Waals surface area contributed by atoms with E-state index >= 15 is 0 Å². The highest BCUT2D eigenvalue weighted by Gasteiger charge is 2.21. The zero-order valence-electron chi connectivity index (χ0n) is 19.3. The summed E-state index contributed by atoms with van der Waals surface area (Å²) in [5.41, 5.74) is 1.65. The van der Waals surface area contributed by atoms with Crippen LogP contribution in [-0.2, 0) is 9.47 Å². The lowest BCUT2D eigenvalue weighted by molar-refractivity contribution is -0.402. The van der Waals surface area contributed by atoms with E-state index in [1.807, 2.05) is 36.4 Å². The van der Waals surface area contributed by atoms with Crippen molar-refractivity contribution in [2.75, 3.05) is 25.6 Å². The van der Waals surface area contributed by atoms with Crippen LogP contribution in [0.1, 0.15) is 5.76 Å². The van der Waals surface area contributed by atoms with Crippen molar-refractivity contribution in [3.63, 3.8) is 0 Å². The van der Waals surface area contributed by atoms with E-state index in [4.69, 9.17) is 4.42 Å². The number of carbonyl (C=O) groups excluding carboxylic acids is 2. The van der Waals surface area contributed by atoms with Gasteiger partial charge < -0.3 is 18.9 Å². The fourth-order valence-electron chi connectivity index (χ4n) is 3.01. The van der Waals surface area contributed by atoms with Crippen molar-refractivity contribution in [2.24, 2.45) is 5.10 Å². The van der Waals surface area contributed by atoms with Crippen LogP contribution in [0.3, 0.4) is 0 Å². The second kappa shape index (κ2) is 11.7. The standard InChI is InChI=1S/C15H13N3O2S.C8H7N3O5/c1-20-15(19)18-14-16-12-8-7-11(9-13(12)17-14)21-10-5-3-2-4-6-10;12-8-10(3-4-15-8)9-5-6-1-2-7(16-6)11(13)14/h2-9H,1H3,(H2,16,17,18,19);1-2,5H,3-4H2.